The molecule has 0 fully saturated rings. The molecule has 31 heavy (non-hydrogen) atoms. The molecule has 4 aromatic carbocycles. The Morgan fingerprint density at radius 3 is 2.23 bits per heavy atom. The number of halogens is 2. The molecule has 1 atom stereocenters. The van der Waals surface area contributed by atoms with Crippen molar-refractivity contribution in [2.75, 3.05) is 0 Å². The zero-order valence-corrected chi connectivity index (χ0v) is 18.7. The Bertz CT molecular complexity index is 1260. The Kier molecular flexibility index (Phi) is 6.42. The van der Waals surface area contributed by atoms with Gasteiger partial charge in [-0.1, -0.05) is 96.9 Å². The van der Waals surface area contributed by atoms with E-state index in [-0.39, 0.29) is 0 Å². The molecular weight excluding hydrogens is 421 g/mol. The quantitative estimate of drug-likeness (QED) is 0.304. The SMILES string of the molecule is CC(Cc1cc(-c2ccc(Cl)c(Cl)c2)ccc1-c1cccc(C#N)c1)c1ccccc1. The molecule has 0 aliphatic heterocycles. The summed E-state index contributed by atoms with van der Waals surface area (Å²) < 4.78 is 0. The first kappa shape index (κ1) is 21.2. The summed E-state index contributed by atoms with van der Waals surface area (Å²) >= 11 is 12.4. The highest BCUT2D eigenvalue weighted by Gasteiger charge is 2.14. The second kappa shape index (κ2) is 9.40. The zero-order valence-electron chi connectivity index (χ0n) is 17.1. The van der Waals surface area contributed by atoms with E-state index in [9.17, 15) is 5.26 Å². The van der Waals surface area contributed by atoms with Gasteiger partial charge < -0.3 is 0 Å². The molecule has 0 radical (unpaired) electrons. The fourth-order valence-electron chi connectivity index (χ4n) is 3.89. The summed E-state index contributed by atoms with van der Waals surface area (Å²) in [5.74, 6) is 0.350. The van der Waals surface area contributed by atoms with Gasteiger partial charge in [0.2, 0.25) is 0 Å². The van der Waals surface area contributed by atoms with Crippen LogP contribution in [0.4, 0.5) is 0 Å². The van der Waals surface area contributed by atoms with Crippen LogP contribution in [0.5, 0.6) is 0 Å². The molecule has 1 nitrogen and oxygen atoms in total. The van der Waals surface area contributed by atoms with E-state index in [0.717, 1.165) is 28.7 Å². The van der Waals surface area contributed by atoms with Crippen LogP contribution >= 0.6 is 23.2 Å². The predicted molar refractivity (Wildman–Crippen MR) is 131 cm³/mol. The van der Waals surface area contributed by atoms with E-state index < -0.39 is 0 Å². The molecule has 152 valence electrons. The molecule has 0 saturated carbocycles. The Labute approximate surface area is 193 Å². The van der Waals surface area contributed by atoms with E-state index in [2.05, 4.69) is 61.5 Å². The van der Waals surface area contributed by atoms with Crippen molar-refractivity contribution in [2.24, 2.45) is 0 Å². The Morgan fingerprint density at radius 1 is 0.742 bits per heavy atom. The van der Waals surface area contributed by atoms with Gasteiger partial charge in [0.1, 0.15) is 0 Å². The molecule has 4 aromatic rings. The molecule has 1 unspecified atom stereocenters. The maximum atomic E-state index is 9.34. The van der Waals surface area contributed by atoms with E-state index in [1.165, 1.54) is 11.1 Å². The van der Waals surface area contributed by atoms with E-state index in [0.29, 0.717) is 21.5 Å². The van der Waals surface area contributed by atoms with Gasteiger partial charge >= 0.3 is 0 Å². The fourth-order valence-corrected chi connectivity index (χ4v) is 4.18. The van der Waals surface area contributed by atoms with Gasteiger partial charge in [0.05, 0.1) is 21.7 Å². The van der Waals surface area contributed by atoms with Crippen molar-refractivity contribution in [1.29, 1.82) is 5.26 Å². The minimum atomic E-state index is 0.350. The van der Waals surface area contributed by atoms with Crippen LogP contribution in [0.3, 0.4) is 0 Å². The van der Waals surface area contributed by atoms with Crippen molar-refractivity contribution in [3.8, 4) is 28.3 Å². The fraction of sp³-hybridized carbons (Fsp3) is 0.107. The van der Waals surface area contributed by atoms with Crippen LogP contribution in [-0.2, 0) is 6.42 Å². The number of hydrogen-bond donors (Lipinski definition) is 0. The molecule has 0 amide bonds. The second-order valence-electron chi connectivity index (χ2n) is 7.71. The highest BCUT2D eigenvalue weighted by Crippen LogP contribution is 2.34. The summed E-state index contributed by atoms with van der Waals surface area (Å²) in [4.78, 5) is 0. The normalized spacial score (nSPS) is 11.7. The van der Waals surface area contributed by atoms with Crippen LogP contribution in [0, 0.1) is 11.3 Å². The summed E-state index contributed by atoms with van der Waals surface area (Å²) in [6.45, 7) is 2.25. The van der Waals surface area contributed by atoms with Crippen molar-refractivity contribution in [3.63, 3.8) is 0 Å². The molecule has 0 spiro atoms. The van der Waals surface area contributed by atoms with Gasteiger partial charge in [-0.15, -0.1) is 0 Å². The number of nitrogens with zero attached hydrogens (tertiary/aromatic N) is 1. The smallest absolute Gasteiger partial charge is 0.0991 e. The minimum Gasteiger partial charge on any atom is -0.192 e. The van der Waals surface area contributed by atoms with Gasteiger partial charge in [0, 0.05) is 0 Å². The first-order valence-corrected chi connectivity index (χ1v) is 10.9. The first-order chi connectivity index (χ1) is 15.0. The predicted octanol–water partition coefficient (Wildman–Crippen LogP) is 8.55. The number of benzene rings is 4. The molecule has 0 aliphatic rings. The lowest BCUT2D eigenvalue weighted by Crippen LogP contribution is -2.01. The van der Waals surface area contributed by atoms with Gasteiger partial charge in [-0.2, -0.15) is 5.26 Å². The molecule has 0 N–H and O–H groups in total. The van der Waals surface area contributed by atoms with Crippen LogP contribution in [0.25, 0.3) is 22.3 Å². The molecular formula is C28H21Cl2N. The number of rotatable bonds is 5. The van der Waals surface area contributed by atoms with Gasteiger partial charge in [0.15, 0.2) is 0 Å². The minimum absolute atomic E-state index is 0.350. The maximum absolute atomic E-state index is 9.34. The van der Waals surface area contributed by atoms with Crippen molar-refractivity contribution >= 4 is 23.2 Å². The number of hydrogen-bond acceptors (Lipinski definition) is 1. The summed E-state index contributed by atoms with van der Waals surface area (Å²) in [5, 5.41) is 10.4. The zero-order chi connectivity index (χ0) is 21.8. The third kappa shape index (κ3) is 4.83. The van der Waals surface area contributed by atoms with Crippen LogP contribution < -0.4 is 0 Å². The molecule has 4 rings (SSSR count). The van der Waals surface area contributed by atoms with Crippen LogP contribution in [-0.4, -0.2) is 0 Å². The summed E-state index contributed by atoms with van der Waals surface area (Å²) in [7, 11) is 0. The Morgan fingerprint density at radius 2 is 1.48 bits per heavy atom. The Balaban J connectivity index is 1.80. The third-order valence-corrected chi connectivity index (χ3v) is 6.29. The topological polar surface area (TPSA) is 23.8 Å². The lowest BCUT2D eigenvalue weighted by Gasteiger charge is -2.17. The molecule has 3 heteroatoms. The van der Waals surface area contributed by atoms with Crippen molar-refractivity contribution in [3.05, 3.63) is 118 Å². The molecule has 0 saturated heterocycles. The second-order valence-corrected chi connectivity index (χ2v) is 8.52. The summed E-state index contributed by atoms with van der Waals surface area (Å²) in [5.41, 5.74) is 7.51. The van der Waals surface area contributed by atoms with E-state index in [1.54, 1.807) is 0 Å². The van der Waals surface area contributed by atoms with Gasteiger partial charge in [-0.3, -0.25) is 0 Å². The first-order valence-electron chi connectivity index (χ1n) is 10.2. The number of nitriles is 1. The van der Waals surface area contributed by atoms with Crippen LogP contribution in [0.1, 0.15) is 29.5 Å². The lowest BCUT2D eigenvalue weighted by molar-refractivity contribution is 0.760. The monoisotopic (exact) mass is 441 g/mol. The van der Waals surface area contributed by atoms with E-state index >= 15 is 0 Å². The lowest BCUT2D eigenvalue weighted by atomic mass is 9.87. The Hall–Kier alpha value is -3.05. The van der Waals surface area contributed by atoms with Crippen molar-refractivity contribution < 1.29 is 0 Å². The van der Waals surface area contributed by atoms with Crippen molar-refractivity contribution in [1.82, 2.24) is 0 Å². The third-order valence-electron chi connectivity index (χ3n) is 5.56. The molecule has 0 bridgehead atoms. The summed E-state index contributed by atoms with van der Waals surface area (Å²) in [6.07, 6.45) is 0.880. The van der Waals surface area contributed by atoms with Gasteiger partial charge in [0.25, 0.3) is 0 Å². The molecule has 0 aromatic heterocycles. The molecule has 0 heterocycles. The largest absolute Gasteiger partial charge is 0.192 e. The van der Waals surface area contributed by atoms with Crippen molar-refractivity contribution in [2.45, 2.75) is 19.3 Å². The summed E-state index contributed by atoms with van der Waals surface area (Å²) in [6, 6.07) is 32.8. The maximum Gasteiger partial charge on any atom is 0.0991 e. The highest BCUT2D eigenvalue weighted by molar-refractivity contribution is 6.42. The van der Waals surface area contributed by atoms with Crippen LogP contribution in [0.15, 0.2) is 91.0 Å². The highest BCUT2D eigenvalue weighted by atomic mass is 35.5. The van der Waals surface area contributed by atoms with E-state index in [1.807, 2.05) is 42.5 Å². The average molecular weight is 442 g/mol. The van der Waals surface area contributed by atoms with Gasteiger partial charge in [-0.05, 0) is 70.0 Å². The van der Waals surface area contributed by atoms with Gasteiger partial charge in [-0.25, -0.2) is 0 Å². The molecule has 0 aliphatic carbocycles. The average Bonchev–Trinajstić information content (AvgIpc) is 2.81. The van der Waals surface area contributed by atoms with E-state index in [4.69, 9.17) is 23.2 Å². The van der Waals surface area contributed by atoms with Crippen LogP contribution in [0.2, 0.25) is 10.0 Å². The standard InChI is InChI=1S/C28H21Cl2N/c1-19(21-7-3-2-4-8-21)14-25-16-22(23-11-13-27(29)28(30)17-23)10-12-26(25)24-9-5-6-20(15-24)18-31/h2-13,15-17,19H,14H2,1H3.